The molecule has 2 heterocycles. The van der Waals surface area contributed by atoms with Gasteiger partial charge >= 0.3 is 0 Å². The highest BCUT2D eigenvalue weighted by atomic mass is 35.5. The highest BCUT2D eigenvalue weighted by molar-refractivity contribution is 5.86. The fourth-order valence-electron chi connectivity index (χ4n) is 3.83. The first-order chi connectivity index (χ1) is 12.2. The molecule has 1 aromatic rings. The fraction of sp³-hybridized carbons (Fsp3) is 0.632. The zero-order valence-electron chi connectivity index (χ0n) is 16.0. The first-order valence-electron chi connectivity index (χ1n) is 9.13. The number of carbonyl (C=O) groups is 1. The summed E-state index contributed by atoms with van der Waals surface area (Å²) in [7, 11) is 3.35. The Morgan fingerprint density at radius 1 is 1.15 bits per heavy atom. The summed E-state index contributed by atoms with van der Waals surface area (Å²) in [6, 6.07) is 8.30. The van der Waals surface area contributed by atoms with Gasteiger partial charge in [0.15, 0.2) is 0 Å². The Morgan fingerprint density at radius 2 is 1.78 bits per heavy atom. The maximum atomic E-state index is 12.8. The number of para-hydroxylation sites is 2. The van der Waals surface area contributed by atoms with Gasteiger partial charge in [0.05, 0.1) is 12.8 Å². The molecule has 3 rings (SSSR count). The van der Waals surface area contributed by atoms with Gasteiger partial charge in [0.2, 0.25) is 0 Å². The molecule has 6 nitrogen and oxygen atoms in total. The Labute approximate surface area is 174 Å². The van der Waals surface area contributed by atoms with Gasteiger partial charge in [-0.15, -0.1) is 24.8 Å². The average molecular weight is 420 g/mol. The van der Waals surface area contributed by atoms with E-state index in [4.69, 9.17) is 9.47 Å². The summed E-state index contributed by atoms with van der Waals surface area (Å²) in [5, 5.41) is 6.52. The Balaban J connectivity index is 0.00000182. The van der Waals surface area contributed by atoms with Crippen molar-refractivity contribution in [2.45, 2.75) is 37.3 Å². The number of amides is 1. The van der Waals surface area contributed by atoms with Crippen molar-refractivity contribution < 1.29 is 14.3 Å². The first-order valence-corrected chi connectivity index (χ1v) is 9.13. The topological polar surface area (TPSA) is 62.8 Å². The molecule has 2 N–H and O–H groups in total. The summed E-state index contributed by atoms with van der Waals surface area (Å²) in [6.07, 6.45) is 3.33. The van der Waals surface area contributed by atoms with Crippen LogP contribution in [0.4, 0.5) is 5.69 Å². The van der Waals surface area contributed by atoms with Crippen LogP contribution in [-0.4, -0.2) is 57.9 Å². The molecule has 0 saturated carbocycles. The second kappa shape index (κ2) is 11.0. The third-order valence-corrected chi connectivity index (χ3v) is 5.47. The van der Waals surface area contributed by atoms with E-state index in [2.05, 4.69) is 21.6 Å². The van der Waals surface area contributed by atoms with Gasteiger partial charge in [-0.2, -0.15) is 0 Å². The normalized spacial score (nSPS) is 19.4. The van der Waals surface area contributed by atoms with Crippen LogP contribution >= 0.6 is 24.8 Å². The van der Waals surface area contributed by atoms with Gasteiger partial charge in [-0.3, -0.25) is 4.79 Å². The summed E-state index contributed by atoms with van der Waals surface area (Å²) in [6.45, 7) is 3.47. The summed E-state index contributed by atoms with van der Waals surface area (Å²) < 4.78 is 11.1. The maximum absolute atomic E-state index is 12.8. The minimum Gasteiger partial charge on any atom is -0.495 e. The van der Waals surface area contributed by atoms with Crippen LogP contribution in [0.3, 0.4) is 0 Å². The molecular formula is C19H31Cl2N3O3. The molecule has 0 atom stereocenters. The summed E-state index contributed by atoms with van der Waals surface area (Å²) in [5.41, 5.74) is 0.465. The standard InChI is InChI=1S/C19H29N3O3.2ClH/c1-24-17-6-4-3-5-16(17)22-13-7-15(8-14-22)21-18(23)19(25-2)9-11-20-12-10-19;;/h3-6,15,20H,7-14H2,1-2H3,(H,21,23);2*1H. The van der Waals surface area contributed by atoms with E-state index in [-0.39, 0.29) is 36.8 Å². The molecule has 0 spiro atoms. The van der Waals surface area contributed by atoms with E-state index >= 15 is 0 Å². The van der Waals surface area contributed by atoms with Crippen LogP contribution in [0.1, 0.15) is 25.7 Å². The van der Waals surface area contributed by atoms with Crippen LogP contribution in [0.15, 0.2) is 24.3 Å². The van der Waals surface area contributed by atoms with Crippen molar-refractivity contribution in [1.82, 2.24) is 10.6 Å². The number of piperidine rings is 2. The predicted octanol–water partition coefficient (Wildman–Crippen LogP) is 2.39. The number of methoxy groups -OCH3 is 2. The third kappa shape index (κ3) is 5.41. The van der Waals surface area contributed by atoms with Crippen LogP contribution in [-0.2, 0) is 9.53 Å². The summed E-state index contributed by atoms with van der Waals surface area (Å²) in [5.74, 6) is 0.949. The number of benzene rings is 1. The lowest BCUT2D eigenvalue weighted by Gasteiger charge is -2.38. The molecule has 1 amide bonds. The van der Waals surface area contributed by atoms with Gasteiger partial charge in [0, 0.05) is 26.2 Å². The van der Waals surface area contributed by atoms with Crippen LogP contribution < -0.4 is 20.3 Å². The second-order valence-corrected chi connectivity index (χ2v) is 6.86. The lowest BCUT2D eigenvalue weighted by molar-refractivity contribution is -0.147. The minimum absolute atomic E-state index is 0. The second-order valence-electron chi connectivity index (χ2n) is 6.86. The molecule has 0 aliphatic carbocycles. The molecule has 154 valence electrons. The lowest BCUT2D eigenvalue weighted by atomic mass is 9.90. The molecule has 2 aliphatic heterocycles. The monoisotopic (exact) mass is 419 g/mol. The Morgan fingerprint density at radius 3 is 2.37 bits per heavy atom. The molecule has 1 aromatic carbocycles. The third-order valence-electron chi connectivity index (χ3n) is 5.47. The van der Waals surface area contributed by atoms with E-state index in [0.717, 1.165) is 63.3 Å². The van der Waals surface area contributed by atoms with Gasteiger partial charge in [-0.1, -0.05) is 12.1 Å². The molecule has 0 radical (unpaired) electrons. The van der Waals surface area contributed by atoms with E-state index in [1.807, 2.05) is 18.2 Å². The number of rotatable bonds is 5. The average Bonchev–Trinajstić information content (AvgIpc) is 2.69. The molecule has 0 bridgehead atoms. The van der Waals surface area contributed by atoms with Crippen molar-refractivity contribution in [2.75, 3.05) is 45.3 Å². The van der Waals surface area contributed by atoms with E-state index in [0.29, 0.717) is 0 Å². The predicted molar refractivity (Wildman–Crippen MR) is 113 cm³/mol. The number of carbonyl (C=O) groups excluding carboxylic acids is 1. The molecule has 2 fully saturated rings. The van der Waals surface area contributed by atoms with Crippen molar-refractivity contribution in [3.05, 3.63) is 24.3 Å². The molecule has 8 heteroatoms. The van der Waals surface area contributed by atoms with E-state index < -0.39 is 5.60 Å². The van der Waals surface area contributed by atoms with Gasteiger partial charge in [-0.05, 0) is 50.9 Å². The summed E-state index contributed by atoms with van der Waals surface area (Å²) >= 11 is 0. The Bertz CT molecular complexity index is 589. The van der Waals surface area contributed by atoms with E-state index in [9.17, 15) is 4.79 Å². The quantitative estimate of drug-likeness (QED) is 0.766. The molecular weight excluding hydrogens is 389 g/mol. The fourth-order valence-corrected chi connectivity index (χ4v) is 3.83. The molecule has 0 aromatic heterocycles. The number of hydrogen-bond donors (Lipinski definition) is 2. The highest BCUT2D eigenvalue weighted by Gasteiger charge is 2.40. The zero-order chi connectivity index (χ0) is 17.7. The van der Waals surface area contributed by atoms with Gasteiger partial charge in [-0.25, -0.2) is 0 Å². The molecule has 2 saturated heterocycles. The number of nitrogens with zero attached hydrogens (tertiary/aromatic N) is 1. The SMILES string of the molecule is COc1ccccc1N1CCC(NC(=O)C2(OC)CCNCC2)CC1.Cl.Cl. The van der Waals surface area contributed by atoms with Gasteiger partial charge in [0.1, 0.15) is 11.4 Å². The van der Waals surface area contributed by atoms with Crippen LogP contribution in [0.5, 0.6) is 5.75 Å². The zero-order valence-corrected chi connectivity index (χ0v) is 17.7. The van der Waals surface area contributed by atoms with Crippen molar-refractivity contribution in [3.8, 4) is 5.75 Å². The smallest absolute Gasteiger partial charge is 0.252 e. The number of anilines is 1. The molecule has 2 aliphatic rings. The van der Waals surface area contributed by atoms with Crippen LogP contribution in [0, 0.1) is 0 Å². The van der Waals surface area contributed by atoms with Crippen molar-refractivity contribution in [2.24, 2.45) is 0 Å². The largest absolute Gasteiger partial charge is 0.495 e. The maximum Gasteiger partial charge on any atom is 0.252 e. The van der Waals surface area contributed by atoms with Crippen LogP contribution in [0.25, 0.3) is 0 Å². The number of nitrogens with one attached hydrogen (secondary N) is 2. The van der Waals surface area contributed by atoms with E-state index in [1.165, 1.54) is 0 Å². The highest BCUT2D eigenvalue weighted by Crippen LogP contribution is 2.30. The van der Waals surface area contributed by atoms with Crippen LogP contribution in [0.2, 0.25) is 0 Å². The van der Waals surface area contributed by atoms with Crippen molar-refractivity contribution >= 4 is 36.4 Å². The Hall–Kier alpha value is -1.21. The summed E-state index contributed by atoms with van der Waals surface area (Å²) in [4.78, 5) is 15.1. The first kappa shape index (κ1) is 23.8. The molecule has 0 unspecified atom stereocenters. The lowest BCUT2D eigenvalue weighted by Crippen LogP contribution is -2.57. The number of halogens is 2. The minimum atomic E-state index is -0.662. The van der Waals surface area contributed by atoms with Crippen molar-refractivity contribution in [3.63, 3.8) is 0 Å². The Kier molecular flexibility index (Phi) is 9.67. The van der Waals surface area contributed by atoms with Crippen molar-refractivity contribution in [1.29, 1.82) is 0 Å². The van der Waals surface area contributed by atoms with Gasteiger partial charge < -0.3 is 25.0 Å². The number of ether oxygens (including phenoxy) is 2. The number of hydrogen-bond acceptors (Lipinski definition) is 5. The van der Waals surface area contributed by atoms with E-state index in [1.54, 1.807) is 14.2 Å². The molecule has 27 heavy (non-hydrogen) atoms. The van der Waals surface area contributed by atoms with Gasteiger partial charge in [0.25, 0.3) is 5.91 Å².